The van der Waals surface area contributed by atoms with Crippen molar-refractivity contribution in [3.8, 4) is 0 Å². The van der Waals surface area contributed by atoms with Crippen LogP contribution in [0.1, 0.15) is 6.42 Å². The quantitative estimate of drug-likeness (QED) is 0.613. The molecule has 0 saturated heterocycles. The molecule has 0 aliphatic carbocycles. The Hall–Kier alpha value is -1.49. The number of quaternary nitrogens is 1. The monoisotopic (exact) mass is 224 g/mol. The lowest BCUT2D eigenvalue weighted by Gasteiger charge is -2.20. The molecule has 5 nitrogen and oxygen atoms in total. The summed E-state index contributed by atoms with van der Waals surface area (Å²) in [5.74, 6) is 0.808. The van der Waals surface area contributed by atoms with Crippen LogP contribution in [0.2, 0.25) is 0 Å². The summed E-state index contributed by atoms with van der Waals surface area (Å²) in [4.78, 5) is 7.76. The second-order valence-corrected chi connectivity index (χ2v) is 4.41. The third-order valence-electron chi connectivity index (χ3n) is 2.45. The summed E-state index contributed by atoms with van der Waals surface area (Å²) in [5.41, 5.74) is 12.7. The van der Waals surface area contributed by atoms with E-state index in [1.54, 1.807) is 12.3 Å². The summed E-state index contributed by atoms with van der Waals surface area (Å²) in [6.45, 7) is 2.09. The Morgan fingerprint density at radius 3 is 2.62 bits per heavy atom. The molecule has 0 atom stereocenters. The maximum absolute atomic E-state index is 5.86. The van der Waals surface area contributed by atoms with Crippen molar-refractivity contribution in [1.82, 2.24) is 4.98 Å². The Labute approximate surface area is 97.0 Å². The normalized spacial score (nSPS) is 10.8. The van der Waals surface area contributed by atoms with Crippen molar-refractivity contribution >= 4 is 17.2 Å². The number of pyridine rings is 1. The van der Waals surface area contributed by atoms with Crippen molar-refractivity contribution in [2.45, 2.75) is 6.42 Å². The van der Waals surface area contributed by atoms with E-state index in [4.69, 9.17) is 11.5 Å². The number of nitrogen functional groups attached to an aromatic ring is 2. The topological polar surface area (TPSA) is 72.6 Å². The van der Waals surface area contributed by atoms with Crippen LogP contribution in [-0.4, -0.2) is 39.2 Å². The van der Waals surface area contributed by atoms with E-state index in [1.165, 1.54) is 4.90 Å². The van der Waals surface area contributed by atoms with Gasteiger partial charge in [-0.25, -0.2) is 4.98 Å². The summed E-state index contributed by atoms with van der Waals surface area (Å²) in [5, 5.41) is 0. The zero-order valence-corrected chi connectivity index (χ0v) is 10.3. The Morgan fingerprint density at radius 2 is 2.06 bits per heavy atom. The molecule has 90 valence electrons. The van der Waals surface area contributed by atoms with Crippen LogP contribution < -0.4 is 21.3 Å². The smallest absolute Gasteiger partial charge is 0.151 e. The van der Waals surface area contributed by atoms with Crippen LogP contribution in [-0.2, 0) is 0 Å². The Kier molecular flexibility index (Phi) is 4.37. The predicted molar refractivity (Wildman–Crippen MR) is 68.6 cm³/mol. The highest BCUT2D eigenvalue weighted by atomic mass is 15.2. The fourth-order valence-electron chi connectivity index (χ4n) is 1.59. The Bertz CT molecular complexity index is 337. The van der Waals surface area contributed by atoms with Gasteiger partial charge in [0, 0.05) is 20.0 Å². The molecular weight excluding hydrogens is 202 g/mol. The lowest BCUT2D eigenvalue weighted by molar-refractivity contribution is -0.858. The van der Waals surface area contributed by atoms with Gasteiger partial charge in [0.25, 0.3) is 0 Å². The molecule has 1 heterocycles. The molecule has 1 aromatic rings. The molecule has 0 unspecified atom stereocenters. The number of hydrogen-bond acceptors (Lipinski definition) is 4. The number of aromatic nitrogens is 1. The molecule has 16 heavy (non-hydrogen) atoms. The number of nitrogens with two attached hydrogens (primary N) is 2. The fourth-order valence-corrected chi connectivity index (χ4v) is 1.59. The van der Waals surface area contributed by atoms with E-state index in [-0.39, 0.29) is 0 Å². The summed E-state index contributed by atoms with van der Waals surface area (Å²) in [7, 11) is 6.30. The van der Waals surface area contributed by atoms with Gasteiger partial charge in [-0.3, -0.25) is 0 Å². The fraction of sp³-hybridized carbons (Fsp3) is 0.545. The van der Waals surface area contributed by atoms with Crippen molar-refractivity contribution in [2.75, 3.05) is 50.6 Å². The summed E-state index contributed by atoms with van der Waals surface area (Å²) in [6.07, 6.45) is 2.75. The van der Waals surface area contributed by atoms with E-state index >= 15 is 0 Å². The van der Waals surface area contributed by atoms with Gasteiger partial charge in [-0.05, 0) is 6.07 Å². The molecule has 0 amide bonds. The molecule has 0 radical (unpaired) electrons. The Balaban J connectivity index is 2.55. The average Bonchev–Trinajstić information content (AvgIpc) is 2.16. The van der Waals surface area contributed by atoms with Gasteiger partial charge in [-0.1, -0.05) is 0 Å². The van der Waals surface area contributed by atoms with Crippen molar-refractivity contribution in [3.05, 3.63) is 12.3 Å². The molecule has 5 N–H and O–H groups in total. The van der Waals surface area contributed by atoms with Crippen LogP contribution in [0, 0.1) is 0 Å². The van der Waals surface area contributed by atoms with Gasteiger partial charge in [-0.15, -0.1) is 0 Å². The highest BCUT2D eigenvalue weighted by molar-refractivity contribution is 5.66. The largest absolute Gasteiger partial charge is 0.397 e. The van der Waals surface area contributed by atoms with E-state index in [0.717, 1.165) is 25.3 Å². The SMILES string of the molecule is CN(CCC[NH+](C)C)c1ncc(N)cc1N. The first-order valence-corrected chi connectivity index (χ1v) is 5.52. The number of anilines is 3. The van der Waals surface area contributed by atoms with Gasteiger partial charge in [0.05, 0.1) is 38.2 Å². The van der Waals surface area contributed by atoms with Gasteiger partial charge in [0.15, 0.2) is 5.82 Å². The molecule has 0 saturated carbocycles. The first-order chi connectivity index (χ1) is 7.50. The van der Waals surface area contributed by atoms with Crippen LogP contribution in [0.4, 0.5) is 17.2 Å². The second-order valence-electron chi connectivity index (χ2n) is 4.41. The molecule has 0 spiro atoms. The maximum atomic E-state index is 5.86. The third kappa shape index (κ3) is 3.58. The van der Waals surface area contributed by atoms with Gasteiger partial charge in [0.1, 0.15) is 0 Å². The molecule has 0 aliphatic heterocycles. The lowest BCUT2D eigenvalue weighted by atomic mass is 10.3. The maximum Gasteiger partial charge on any atom is 0.151 e. The van der Waals surface area contributed by atoms with Crippen LogP contribution in [0.5, 0.6) is 0 Å². The summed E-state index contributed by atoms with van der Waals surface area (Å²) in [6, 6.07) is 1.75. The summed E-state index contributed by atoms with van der Waals surface area (Å²) >= 11 is 0. The van der Waals surface area contributed by atoms with E-state index in [0.29, 0.717) is 11.4 Å². The summed E-state index contributed by atoms with van der Waals surface area (Å²) < 4.78 is 0. The standard InChI is InChI=1S/C11H21N5/c1-15(2)5-4-6-16(3)11-10(13)7-9(12)8-14-11/h7-8H,4-6,12-13H2,1-3H3/p+1. The highest BCUT2D eigenvalue weighted by Crippen LogP contribution is 2.20. The average molecular weight is 224 g/mol. The first-order valence-electron chi connectivity index (χ1n) is 5.52. The molecule has 0 bridgehead atoms. The van der Waals surface area contributed by atoms with E-state index in [1.807, 2.05) is 7.05 Å². The van der Waals surface area contributed by atoms with Crippen molar-refractivity contribution in [3.63, 3.8) is 0 Å². The van der Waals surface area contributed by atoms with E-state index in [2.05, 4.69) is 24.0 Å². The van der Waals surface area contributed by atoms with Gasteiger partial charge >= 0.3 is 0 Å². The predicted octanol–water partition coefficient (Wildman–Crippen LogP) is -0.783. The molecular formula is C11H22N5+. The van der Waals surface area contributed by atoms with Gasteiger partial charge in [0.2, 0.25) is 0 Å². The number of hydrogen-bond donors (Lipinski definition) is 3. The zero-order chi connectivity index (χ0) is 12.1. The molecule has 0 aromatic carbocycles. The molecule has 0 aliphatic rings. The minimum Gasteiger partial charge on any atom is -0.397 e. The molecule has 1 aromatic heterocycles. The number of nitrogens with one attached hydrogen (secondary N) is 1. The first kappa shape index (κ1) is 12.6. The van der Waals surface area contributed by atoms with Crippen molar-refractivity contribution in [2.24, 2.45) is 0 Å². The molecule has 0 fully saturated rings. The van der Waals surface area contributed by atoms with Crippen LogP contribution in [0.3, 0.4) is 0 Å². The molecule has 5 heteroatoms. The Morgan fingerprint density at radius 1 is 1.38 bits per heavy atom. The highest BCUT2D eigenvalue weighted by Gasteiger charge is 2.07. The third-order valence-corrected chi connectivity index (χ3v) is 2.45. The van der Waals surface area contributed by atoms with Crippen LogP contribution in [0.25, 0.3) is 0 Å². The van der Waals surface area contributed by atoms with E-state index < -0.39 is 0 Å². The zero-order valence-electron chi connectivity index (χ0n) is 10.3. The molecule has 1 rings (SSSR count). The van der Waals surface area contributed by atoms with E-state index in [9.17, 15) is 0 Å². The minimum atomic E-state index is 0.604. The number of nitrogens with zero attached hydrogens (tertiary/aromatic N) is 2. The van der Waals surface area contributed by atoms with Crippen molar-refractivity contribution in [1.29, 1.82) is 0 Å². The second kappa shape index (κ2) is 5.55. The lowest BCUT2D eigenvalue weighted by Crippen LogP contribution is -3.05. The minimum absolute atomic E-state index is 0.604. The number of rotatable bonds is 5. The van der Waals surface area contributed by atoms with Gasteiger partial charge < -0.3 is 21.3 Å². The van der Waals surface area contributed by atoms with Gasteiger partial charge in [-0.2, -0.15) is 0 Å². The van der Waals surface area contributed by atoms with Crippen LogP contribution in [0.15, 0.2) is 12.3 Å². The van der Waals surface area contributed by atoms with Crippen LogP contribution >= 0.6 is 0 Å². The van der Waals surface area contributed by atoms with Crippen molar-refractivity contribution < 1.29 is 4.90 Å².